The summed E-state index contributed by atoms with van der Waals surface area (Å²) < 4.78 is 11.0. The fourth-order valence-electron chi connectivity index (χ4n) is 6.05. The molecule has 0 radical (unpaired) electrons. The number of hydrogen-bond acceptors (Lipinski definition) is 7. The number of ether oxygens (including phenoxy) is 2. The van der Waals surface area contributed by atoms with Crippen LogP contribution in [0.4, 0.5) is 0 Å². The van der Waals surface area contributed by atoms with Gasteiger partial charge in [-0.2, -0.15) is 0 Å². The van der Waals surface area contributed by atoms with Crippen molar-refractivity contribution in [2.24, 2.45) is 5.92 Å². The van der Waals surface area contributed by atoms with Crippen molar-refractivity contribution in [1.82, 2.24) is 26.3 Å². The van der Waals surface area contributed by atoms with Crippen LogP contribution < -0.4 is 21.3 Å². The van der Waals surface area contributed by atoms with Crippen molar-refractivity contribution >= 4 is 34.4 Å². The normalized spacial score (nSPS) is 24.5. The first-order valence-corrected chi connectivity index (χ1v) is 15.2. The summed E-state index contributed by atoms with van der Waals surface area (Å²) in [7, 11) is 0. The van der Waals surface area contributed by atoms with Gasteiger partial charge in [0.2, 0.25) is 17.7 Å². The van der Waals surface area contributed by atoms with E-state index in [-0.39, 0.29) is 30.6 Å². The van der Waals surface area contributed by atoms with Gasteiger partial charge in [-0.1, -0.05) is 43.9 Å². The zero-order chi connectivity index (χ0) is 29.7. The number of fused-ring (bicyclic) bond motifs is 1. The largest absolute Gasteiger partial charge is 0.375 e. The molecular formula is C31H43N5O6. The fourth-order valence-corrected chi connectivity index (χ4v) is 6.05. The van der Waals surface area contributed by atoms with Crippen LogP contribution in [0, 0.1) is 5.92 Å². The van der Waals surface area contributed by atoms with E-state index >= 15 is 0 Å². The van der Waals surface area contributed by atoms with Gasteiger partial charge in [-0.3, -0.25) is 19.2 Å². The number of Topliss-reactive ketones (excluding diaryl/α,β-unsaturated/α-hetero) is 1. The number of rotatable bonds is 13. The molecule has 3 heterocycles. The molecule has 228 valence electrons. The van der Waals surface area contributed by atoms with Gasteiger partial charge in [0.05, 0.1) is 31.8 Å². The molecule has 0 spiro atoms. The summed E-state index contributed by atoms with van der Waals surface area (Å²) in [6.07, 6.45) is 6.80. The Morgan fingerprint density at radius 2 is 1.79 bits per heavy atom. The number of morpholine rings is 1. The monoisotopic (exact) mass is 581 g/mol. The van der Waals surface area contributed by atoms with Crippen LogP contribution in [0.1, 0.15) is 57.9 Å². The summed E-state index contributed by atoms with van der Waals surface area (Å²) in [6, 6.07) is 5.21. The highest BCUT2D eigenvalue weighted by Crippen LogP contribution is 2.33. The first-order valence-electron chi connectivity index (χ1n) is 15.2. The average molecular weight is 582 g/mol. The molecule has 11 nitrogen and oxygen atoms in total. The molecule has 1 saturated carbocycles. The van der Waals surface area contributed by atoms with Crippen LogP contribution in [0.25, 0.3) is 10.9 Å². The van der Waals surface area contributed by atoms with Crippen molar-refractivity contribution in [1.29, 1.82) is 0 Å². The van der Waals surface area contributed by atoms with Gasteiger partial charge in [0.15, 0.2) is 5.78 Å². The minimum Gasteiger partial charge on any atom is -0.375 e. The van der Waals surface area contributed by atoms with Gasteiger partial charge in [0.25, 0.3) is 0 Å². The second-order valence-electron chi connectivity index (χ2n) is 12.1. The van der Waals surface area contributed by atoms with E-state index in [1.807, 2.05) is 30.5 Å². The van der Waals surface area contributed by atoms with Crippen molar-refractivity contribution < 1.29 is 28.7 Å². The van der Waals surface area contributed by atoms with Crippen LogP contribution >= 0.6 is 0 Å². The third-order valence-corrected chi connectivity index (χ3v) is 8.70. The molecule has 1 aromatic carbocycles. The lowest BCUT2D eigenvalue weighted by Gasteiger charge is -2.27. The lowest BCUT2D eigenvalue weighted by Crippen LogP contribution is -2.57. The minimum atomic E-state index is -0.964. The predicted molar refractivity (Wildman–Crippen MR) is 157 cm³/mol. The number of ketones is 1. The number of H-pyrrole nitrogens is 1. The second-order valence-corrected chi connectivity index (χ2v) is 12.1. The molecule has 42 heavy (non-hydrogen) atoms. The minimum absolute atomic E-state index is 0.125. The molecule has 2 aromatic rings. The zero-order valence-electron chi connectivity index (χ0n) is 24.5. The summed E-state index contributed by atoms with van der Waals surface area (Å²) in [4.78, 5) is 56.4. The van der Waals surface area contributed by atoms with Crippen LogP contribution in [0.3, 0.4) is 0 Å². The van der Waals surface area contributed by atoms with Gasteiger partial charge >= 0.3 is 0 Å². The number of benzene rings is 1. The number of nitrogens with one attached hydrogen (secondary N) is 5. The topological polar surface area (TPSA) is 154 Å². The van der Waals surface area contributed by atoms with E-state index in [0.29, 0.717) is 32.1 Å². The molecule has 2 saturated heterocycles. The van der Waals surface area contributed by atoms with Crippen molar-refractivity contribution in [2.75, 3.05) is 26.3 Å². The number of carbonyl (C=O) groups is 4. The molecular weight excluding hydrogens is 538 g/mol. The van der Waals surface area contributed by atoms with E-state index in [1.165, 1.54) is 0 Å². The highest BCUT2D eigenvalue weighted by molar-refractivity contribution is 5.98. The molecule has 3 aliphatic rings. The van der Waals surface area contributed by atoms with Gasteiger partial charge in [-0.05, 0) is 37.8 Å². The number of para-hydroxylation sites is 1. The molecule has 3 amide bonds. The predicted octanol–water partition coefficient (Wildman–Crippen LogP) is 1.50. The zero-order valence-corrected chi connectivity index (χ0v) is 24.5. The number of hydrogen-bond donors (Lipinski definition) is 5. The van der Waals surface area contributed by atoms with Crippen LogP contribution in [0.15, 0.2) is 30.5 Å². The number of aromatic amines is 1. The summed E-state index contributed by atoms with van der Waals surface area (Å²) in [5.41, 5.74) is 0.912. The van der Waals surface area contributed by atoms with Crippen LogP contribution in [0.5, 0.6) is 0 Å². The van der Waals surface area contributed by atoms with Gasteiger partial charge < -0.3 is 35.7 Å². The Hall–Kier alpha value is -3.28. The Bertz CT molecular complexity index is 1280. The maximum absolute atomic E-state index is 13.8. The van der Waals surface area contributed by atoms with Crippen molar-refractivity contribution in [2.45, 2.75) is 88.6 Å². The molecule has 5 atom stereocenters. The third kappa shape index (κ3) is 7.56. The Morgan fingerprint density at radius 1 is 1.05 bits per heavy atom. The molecule has 11 heteroatoms. The standard InChI is InChI=1S/C31H43N5O6/c1-19(34-27(37)15-22-17-32-11-12-41-22)29(39)36-26(14-21-16-33-24-10-6-5-9-23(21)24)30(40)35-25(13-20-7-3-4-8-20)28(38)31(2)18-42-31/h5-6,9-10,16,19-20,22,25-26,32-33H,3-4,7-8,11-15,17-18H2,1-2H3,(H,34,37)(H,35,40)(H,36,39)/t19-,22?,25-,26-,31+/m0/s1. The Balaban J connectivity index is 1.29. The van der Waals surface area contributed by atoms with Crippen LogP contribution in [-0.4, -0.2) is 84.6 Å². The first-order chi connectivity index (χ1) is 20.2. The molecule has 2 aliphatic heterocycles. The molecule has 3 fully saturated rings. The molecule has 1 aliphatic carbocycles. The SMILES string of the molecule is C[C@H](NC(=O)CC1CNCCO1)C(=O)N[C@@H](Cc1c[nH]c2ccccc12)C(=O)N[C@@H](CC1CCCC1)C(=O)[C@@]1(C)CO1. The highest BCUT2D eigenvalue weighted by atomic mass is 16.6. The maximum Gasteiger partial charge on any atom is 0.243 e. The third-order valence-electron chi connectivity index (χ3n) is 8.70. The summed E-state index contributed by atoms with van der Waals surface area (Å²) in [5.74, 6) is -0.984. The average Bonchev–Trinajstić information content (AvgIpc) is 3.33. The number of epoxide rings is 1. The number of aromatic nitrogens is 1. The number of carbonyl (C=O) groups excluding carboxylic acids is 4. The molecule has 0 bridgehead atoms. The van der Waals surface area contributed by atoms with Gasteiger partial charge in [0.1, 0.15) is 17.7 Å². The molecule has 5 N–H and O–H groups in total. The summed E-state index contributed by atoms with van der Waals surface area (Å²) in [5, 5.41) is 12.7. The molecule has 1 unspecified atom stereocenters. The van der Waals surface area contributed by atoms with E-state index in [1.54, 1.807) is 13.8 Å². The van der Waals surface area contributed by atoms with Gasteiger partial charge in [-0.25, -0.2) is 0 Å². The van der Waals surface area contributed by atoms with E-state index in [4.69, 9.17) is 9.47 Å². The summed E-state index contributed by atoms with van der Waals surface area (Å²) in [6.45, 7) is 5.55. The van der Waals surface area contributed by atoms with Crippen molar-refractivity contribution in [3.63, 3.8) is 0 Å². The Kier molecular flexibility index (Phi) is 9.60. The van der Waals surface area contributed by atoms with Crippen molar-refractivity contribution in [3.05, 3.63) is 36.0 Å². The number of amides is 3. The van der Waals surface area contributed by atoms with E-state index < -0.39 is 35.5 Å². The van der Waals surface area contributed by atoms with Gasteiger partial charge in [-0.15, -0.1) is 0 Å². The lowest BCUT2D eigenvalue weighted by atomic mass is 9.90. The van der Waals surface area contributed by atoms with E-state index in [2.05, 4.69) is 26.3 Å². The van der Waals surface area contributed by atoms with E-state index in [9.17, 15) is 19.2 Å². The van der Waals surface area contributed by atoms with Gasteiger partial charge in [0, 0.05) is 36.6 Å². The first kappa shape index (κ1) is 30.2. The maximum atomic E-state index is 13.8. The summed E-state index contributed by atoms with van der Waals surface area (Å²) >= 11 is 0. The fraction of sp³-hybridized carbons (Fsp3) is 0.613. The second kappa shape index (κ2) is 13.4. The van der Waals surface area contributed by atoms with Crippen molar-refractivity contribution in [3.8, 4) is 0 Å². The van der Waals surface area contributed by atoms with Crippen LogP contribution in [-0.2, 0) is 35.1 Å². The smallest absolute Gasteiger partial charge is 0.243 e. The quantitative estimate of drug-likeness (QED) is 0.225. The van der Waals surface area contributed by atoms with Crippen LogP contribution in [0.2, 0.25) is 0 Å². The molecule has 5 rings (SSSR count). The Morgan fingerprint density at radius 3 is 2.50 bits per heavy atom. The Labute approximate surface area is 246 Å². The lowest BCUT2D eigenvalue weighted by molar-refractivity contribution is -0.134. The molecule has 1 aromatic heterocycles. The highest BCUT2D eigenvalue weighted by Gasteiger charge is 2.50. The van der Waals surface area contributed by atoms with E-state index in [0.717, 1.165) is 48.7 Å².